The molecule has 2 rings (SSSR count). The van der Waals surface area contributed by atoms with Gasteiger partial charge in [0, 0.05) is 5.02 Å². The van der Waals surface area contributed by atoms with E-state index in [1.807, 2.05) is 0 Å². The second-order valence-corrected chi connectivity index (χ2v) is 6.16. The van der Waals surface area contributed by atoms with Gasteiger partial charge in [-0.3, -0.25) is 4.79 Å². The Labute approximate surface area is 127 Å². The fourth-order valence-electron chi connectivity index (χ4n) is 2.52. The maximum absolute atomic E-state index is 13.5. The standard InChI is InChI=1S/C14H17Cl2FN2O/c1-8(9-6-12(17)11(16)7-10(9)15)19-13(20)14(18)4-2-3-5-14/h6-8H,2-5,18H2,1H3,(H,19,20). The zero-order chi connectivity index (χ0) is 14.9. The van der Waals surface area contributed by atoms with Gasteiger partial charge in [-0.2, -0.15) is 0 Å². The molecule has 0 saturated heterocycles. The third-order valence-corrected chi connectivity index (χ3v) is 4.42. The van der Waals surface area contributed by atoms with Crippen LogP contribution in [0.25, 0.3) is 0 Å². The van der Waals surface area contributed by atoms with Crippen LogP contribution in [0.5, 0.6) is 0 Å². The molecular weight excluding hydrogens is 302 g/mol. The minimum Gasteiger partial charge on any atom is -0.348 e. The second kappa shape index (κ2) is 5.88. The molecule has 1 aromatic rings. The highest BCUT2D eigenvalue weighted by molar-refractivity contribution is 6.35. The number of halogens is 3. The number of carbonyl (C=O) groups excluding carboxylic acids is 1. The van der Waals surface area contributed by atoms with Crippen molar-refractivity contribution in [1.29, 1.82) is 0 Å². The number of hydrogen-bond acceptors (Lipinski definition) is 2. The lowest BCUT2D eigenvalue weighted by Crippen LogP contribution is -2.52. The number of hydrogen-bond donors (Lipinski definition) is 2. The van der Waals surface area contributed by atoms with Crippen LogP contribution in [-0.4, -0.2) is 11.4 Å². The van der Waals surface area contributed by atoms with Gasteiger partial charge in [-0.1, -0.05) is 36.0 Å². The molecule has 1 aromatic carbocycles. The van der Waals surface area contributed by atoms with Gasteiger partial charge in [0.25, 0.3) is 0 Å². The first kappa shape index (κ1) is 15.5. The molecule has 1 amide bonds. The topological polar surface area (TPSA) is 55.1 Å². The predicted octanol–water partition coefficient (Wildman–Crippen LogP) is 3.58. The molecule has 0 spiro atoms. The van der Waals surface area contributed by atoms with E-state index in [0.29, 0.717) is 23.4 Å². The van der Waals surface area contributed by atoms with E-state index in [1.165, 1.54) is 12.1 Å². The highest BCUT2D eigenvalue weighted by atomic mass is 35.5. The lowest BCUT2D eigenvalue weighted by Gasteiger charge is -2.25. The van der Waals surface area contributed by atoms with E-state index in [0.717, 1.165) is 12.8 Å². The number of carbonyl (C=O) groups is 1. The zero-order valence-electron chi connectivity index (χ0n) is 11.2. The highest BCUT2D eigenvalue weighted by Gasteiger charge is 2.37. The van der Waals surface area contributed by atoms with Gasteiger partial charge < -0.3 is 11.1 Å². The van der Waals surface area contributed by atoms with Gasteiger partial charge in [-0.15, -0.1) is 0 Å². The summed E-state index contributed by atoms with van der Waals surface area (Å²) in [5.41, 5.74) is 5.76. The molecule has 0 heterocycles. The SMILES string of the molecule is CC(NC(=O)C1(N)CCCC1)c1cc(F)c(Cl)cc1Cl. The van der Waals surface area contributed by atoms with Gasteiger partial charge >= 0.3 is 0 Å². The van der Waals surface area contributed by atoms with E-state index in [-0.39, 0.29) is 10.9 Å². The van der Waals surface area contributed by atoms with Gasteiger partial charge in [-0.05, 0) is 37.5 Å². The first-order valence-electron chi connectivity index (χ1n) is 6.58. The number of rotatable bonds is 3. The van der Waals surface area contributed by atoms with Crippen molar-refractivity contribution in [2.45, 2.75) is 44.2 Å². The maximum Gasteiger partial charge on any atom is 0.240 e. The molecule has 3 nitrogen and oxygen atoms in total. The molecule has 0 radical (unpaired) electrons. The monoisotopic (exact) mass is 318 g/mol. The summed E-state index contributed by atoms with van der Waals surface area (Å²) in [7, 11) is 0. The van der Waals surface area contributed by atoms with Crippen molar-refractivity contribution in [3.63, 3.8) is 0 Å². The van der Waals surface area contributed by atoms with Crippen molar-refractivity contribution in [3.05, 3.63) is 33.6 Å². The third kappa shape index (κ3) is 3.08. The van der Waals surface area contributed by atoms with E-state index in [2.05, 4.69) is 5.32 Å². The molecule has 1 atom stereocenters. The Morgan fingerprint density at radius 1 is 1.35 bits per heavy atom. The second-order valence-electron chi connectivity index (χ2n) is 5.35. The lowest BCUT2D eigenvalue weighted by atomic mass is 9.97. The first-order valence-corrected chi connectivity index (χ1v) is 7.33. The van der Waals surface area contributed by atoms with Crippen molar-refractivity contribution in [2.24, 2.45) is 5.73 Å². The number of benzene rings is 1. The van der Waals surface area contributed by atoms with Crippen LogP contribution in [0.2, 0.25) is 10.0 Å². The molecule has 110 valence electrons. The van der Waals surface area contributed by atoms with E-state index in [1.54, 1.807) is 6.92 Å². The van der Waals surface area contributed by atoms with Crippen molar-refractivity contribution in [2.75, 3.05) is 0 Å². The lowest BCUT2D eigenvalue weighted by molar-refractivity contribution is -0.126. The van der Waals surface area contributed by atoms with Crippen LogP contribution in [-0.2, 0) is 4.79 Å². The largest absolute Gasteiger partial charge is 0.348 e. The van der Waals surface area contributed by atoms with Crippen LogP contribution in [0, 0.1) is 5.82 Å². The summed E-state index contributed by atoms with van der Waals surface area (Å²) in [4.78, 5) is 12.2. The molecular formula is C14H17Cl2FN2O. The summed E-state index contributed by atoms with van der Waals surface area (Å²) >= 11 is 11.7. The van der Waals surface area contributed by atoms with Crippen LogP contribution < -0.4 is 11.1 Å². The molecule has 0 aromatic heterocycles. The summed E-state index contributed by atoms with van der Waals surface area (Å²) in [5.74, 6) is -0.774. The number of amides is 1. The third-order valence-electron chi connectivity index (χ3n) is 3.80. The Hall–Kier alpha value is -0.840. The van der Waals surface area contributed by atoms with Crippen molar-refractivity contribution < 1.29 is 9.18 Å². The van der Waals surface area contributed by atoms with E-state index in [9.17, 15) is 9.18 Å². The normalized spacial score (nSPS) is 18.9. The van der Waals surface area contributed by atoms with E-state index >= 15 is 0 Å². The Bertz CT molecular complexity index is 530. The summed E-state index contributed by atoms with van der Waals surface area (Å²) in [6.45, 7) is 1.74. The summed E-state index contributed by atoms with van der Waals surface area (Å²) < 4.78 is 13.5. The Morgan fingerprint density at radius 2 is 1.95 bits per heavy atom. The molecule has 3 N–H and O–H groups in total. The van der Waals surface area contributed by atoms with E-state index in [4.69, 9.17) is 28.9 Å². The molecule has 0 bridgehead atoms. The summed E-state index contributed by atoms with van der Waals surface area (Å²) in [6, 6.07) is 2.15. The minimum atomic E-state index is -0.814. The van der Waals surface area contributed by atoms with Crippen molar-refractivity contribution in [3.8, 4) is 0 Å². The van der Waals surface area contributed by atoms with E-state index < -0.39 is 17.4 Å². The Kier molecular flexibility index (Phi) is 4.57. The van der Waals surface area contributed by atoms with Crippen LogP contribution in [0.4, 0.5) is 4.39 Å². The zero-order valence-corrected chi connectivity index (χ0v) is 12.7. The van der Waals surface area contributed by atoms with Crippen molar-refractivity contribution >= 4 is 29.1 Å². The number of nitrogens with two attached hydrogens (primary N) is 1. The molecule has 1 aliphatic rings. The fourth-order valence-corrected chi connectivity index (χ4v) is 3.07. The smallest absolute Gasteiger partial charge is 0.240 e. The average molecular weight is 319 g/mol. The molecule has 1 saturated carbocycles. The number of nitrogens with one attached hydrogen (secondary N) is 1. The molecule has 1 fully saturated rings. The van der Waals surface area contributed by atoms with Gasteiger partial charge in [0.2, 0.25) is 5.91 Å². The molecule has 1 aliphatic carbocycles. The van der Waals surface area contributed by atoms with Crippen LogP contribution in [0.15, 0.2) is 12.1 Å². The predicted molar refractivity (Wildman–Crippen MR) is 78.4 cm³/mol. The van der Waals surface area contributed by atoms with Gasteiger partial charge in [0.05, 0.1) is 16.6 Å². The van der Waals surface area contributed by atoms with Crippen molar-refractivity contribution in [1.82, 2.24) is 5.32 Å². The van der Waals surface area contributed by atoms with Crippen LogP contribution >= 0.6 is 23.2 Å². The Balaban J connectivity index is 2.14. The van der Waals surface area contributed by atoms with Gasteiger partial charge in [-0.25, -0.2) is 4.39 Å². The molecule has 0 aliphatic heterocycles. The minimum absolute atomic E-state index is 0.0386. The summed E-state index contributed by atoms with van der Waals surface area (Å²) in [6.07, 6.45) is 3.26. The molecule has 6 heteroatoms. The summed E-state index contributed by atoms with van der Waals surface area (Å²) in [5, 5.41) is 3.09. The molecule has 20 heavy (non-hydrogen) atoms. The maximum atomic E-state index is 13.5. The van der Waals surface area contributed by atoms with Gasteiger partial charge in [0.1, 0.15) is 5.82 Å². The highest BCUT2D eigenvalue weighted by Crippen LogP contribution is 2.31. The molecule has 1 unspecified atom stereocenters. The quantitative estimate of drug-likeness (QED) is 0.837. The van der Waals surface area contributed by atoms with Crippen LogP contribution in [0.1, 0.15) is 44.2 Å². The fraction of sp³-hybridized carbons (Fsp3) is 0.500. The van der Waals surface area contributed by atoms with Gasteiger partial charge in [0.15, 0.2) is 0 Å². The average Bonchev–Trinajstić information content (AvgIpc) is 2.82. The first-order chi connectivity index (χ1) is 9.33. The van der Waals surface area contributed by atoms with Crippen LogP contribution in [0.3, 0.4) is 0 Å². The Morgan fingerprint density at radius 3 is 2.55 bits per heavy atom.